The van der Waals surface area contributed by atoms with E-state index >= 15 is 0 Å². The molecule has 0 aromatic carbocycles. The van der Waals surface area contributed by atoms with Gasteiger partial charge in [-0.2, -0.15) is 0 Å². The SMILES string of the molecule is CCCCO.[Nb]. The van der Waals surface area contributed by atoms with E-state index in [1.807, 2.05) is 0 Å². The van der Waals surface area contributed by atoms with Crippen LogP contribution in [-0.2, 0) is 22.4 Å². The molecule has 0 saturated carbocycles. The summed E-state index contributed by atoms with van der Waals surface area (Å²) in [6, 6.07) is 0. The Labute approximate surface area is 54.3 Å². The summed E-state index contributed by atoms with van der Waals surface area (Å²) < 4.78 is 0. The van der Waals surface area contributed by atoms with Crippen LogP contribution >= 0.6 is 0 Å². The molecular weight excluding hydrogens is 157 g/mol. The van der Waals surface area contributed by atoms with E-state index in [0.29, 0.717) is 6.61 Å². The molecule has 0 spiro atoms. The fraction of sp³-hybridized carbons (Fsp3) is 1.00. The molecule has 0 fully saturated rings. The van der Waals surface area contributed by atoms with Crippen molar-refractivity contribution >= 4 is 0 Å². The first-order valence-corrected chi connectivity index (χ1v) is 2.02. The molecule has 2 heteroatoms. The summed E-state index contributed by atoms with van der Waals surface area (Å²) in [5, 5.41) is 8.07. The van der Waals surface area contributed by atoms with E-state index in [2.05, 4.69) is 6.92 Å². The molecule has 0 aliphatic rings. The van der Waals surface area contributed by atoms with Gasteiger partial charge in [-0.1, -0.05) is 13.3 Å². The summed E-state index contributed by atoms with van der Waals surface area (Å²) in [7, 11) is 0. The third kappa shape index (κ3) is 8.83. The molecule has 0 aliphatic carbocycles. The first-order chi connectivity index (χ1) is 2.41. The van der Waals surface area contributed by atoms with Crippen LogP contribution in [0.1, 0.15) is 19.8 Å². The monoisotopic (exact) mass is 167 g/mol. The van der Waals surface area contributed by atoms with Gasteiger partial charge in [0.2, 0.25) is 0 Å². The maximum absolute atomic E-state index is 8.07. The third-order valence-electron chi connectivity index (χ3n) is 0.512. The molecule has 0 heterocycles. The number of aliphatic hydroxyl groups excluding tert-OH is 1. The quantitative estimate of drug-likeness (QED) is 0.602. The van der Waals surface area contributed by atoms with Gasteiger partial charge in [-0.25, -0.2) is 0 Å². The van der Waals surface area contributed by atoms with Gasteiger partial charge in [-0.15, -0.1) is 0 Å². The van der Waals surface area contributed by atoms with E-state index in [-0.39, 0.29) is 22.4 Å². The van der Waals surface area contributed by atoms with Crippen molar-refractivity contribution in [3.8, 4) is 0 Å². The van der Waals surface area contributed by atoms with Crippen molar-refractivity contribution < 1.29 is 27.5 Å². The number of unbranched alkanes of at least 4 members (excludes halogenated alkanes) is 1. The largest absolute Gasteiger partial charge is 0.396 e. The molecule has 0 bridgehead atoms. The molecule has 1 N–H and O–H groups in total. The predicted molar refractivity (Wildman–Crippen MR) is 22.0 cm³/mol. The van der Waals surface area contributed by atoms with Crippen LogP contribution in [0.25, 0.3) is 0 Å². The van der Waals surface area contributed by atoms with E-state index in [0.717, 1.165) is 12.8 Å². The van der Waals surface area contributed by atoms with Gasteiger partial charge < -0.3 is 5.11 Å². The van der Waals surface area contributed by atoms with E-state index in [1.165, 1.54) is 0 Å². The number of rotatable bonds is 2. The Balaban J connectivity index is 0. The molecule has 0 atom stereocenters. The van der Waals surface area contributed by atoms with Gasteiger partial charge >= 0.3 is 0 Å². The zero-order valence-corrected chi connectivity index (χ0v) is 6.21. The van der Waals surface area contributed by atoms with Crippen LogP contribution < -0.4 is 0 Å². The van der Waals surface area contributed by atoms with Crippen molar-refractivity contribution in [1.82, 2.24) is 0 Å². The van der Waals surface area contributed by atoms with Crippen molar-refractivity contribution in [2.24, 2.45) is 0 Å². The van der Waals surface area contributed by atoms with Gasteiger partial charge in [-0.05, 0) is 6.42 Å². The van der Waals surface area contributed by atoms with Gasteiger partial charge in [0.25, 0.3) is 0 Å². The Hall–Kier alpha value is 0.700. The molecule has 0 rings (SSSR count). The zero-order chi connectivity index (χ0) is 4.12. The second kappa shape index (κ2) is 9.20. The maximum Gasteiger partial charge on any atom is 0.0430 e. The molecule has 1 radical (unpaired) electrons. The van der Waals surface area contributed by atoms with Crippen molar-refractivity contribution in [3.63, 3.8) is 0 Å². The predicted octanol–water partition coefficient (Wildman–Crippen LogP) is 0.776. The average molecular weight is 167 g/mol. The first-order valence-electron chi connectivity index (χ1n) is 2.02. The fourth-order valence-electron chi connectivity index (χ4n) is 0.158. The van der Waals surface area contributed by atoms with Crippen molar-refractivity contribution in [2.45, 2.75) is 19.8 Å². The molecule has 6 heavy (non-hydrogen) atoms. The molecule has 0 unspecified atom stereocenters. The van der Waals surface area contributed by atoms with Gasteiger partial charge in [0.05, 0.1) is 0 Å². The van der Waals surface area contributed by atoms with E-state index < -0.39 is 0 Å². The Morgan fingerprint density at radius 2 is 2.00 bits per heavy atom. The molecule has 0 aliphatic heterocycles. The Kier molecular flexibility index (Phi) is 15.1. The van der Waals surface area contributed by atoms with Gasteiger partial charge in [0.1, 0.15) is 0 Å². The van der Waals surface area contributed by atoms with Crippen LogP contribution in [0.2, 0.25) is 0 Å². The Bertz CT molecular complexity index is 15.0. The minimum atomic E-state index is 0. The van der Waals surface area contributed by atoms with E-state index in [9.17, 15) is 0 Å². The fourth-order valence-corrected chi connectivity index (χ4v) is 0.158. The second-order valence-electron chi connectivity index (χ2n) is 1.08. The molecule has 0 aromatic rings. The molecule has 37 valence electrons. The summed E-state index contributed by atoms with van der Waals surface area (Å²) in [5.41, 5.74) is 0. The van der Waals surface area contributed by atoms with Crippen LogP contribution in [-0.4, -0.2) is 11.7 Å². The minimum absolute atomic E-state index is 0. The van der Waals surface area contributed by atoms with Crippen LogP contribution in [0.5, 0.6) is 0 Å². The van der Waals surface area contributed by atoms with Crippen LogP contribution in [0.4, 0.5) is 0 Å². The van der Waals surface area contributed by atoms with E-state index in [1.54, 1.807) is 0 Å². The molecule has 0 saturated heterocycles. The summed E-state index contributed by atoms with van der Waals surface area (Å²) >= 11 is 0. The molecule has 0 amide bonds. The maximum atomic E-state index is 8.07. The van der Waals surface area contributed by atoms with Crippen LogP contribution in [0.3, 0.4) is 0 Å². The zero-order valence-electron chi connectivity index (χ0n) is 4.02. The Morgan fingerprint density at radius 1 is 1.50 bits per heavy atom. The summed E-state index contributed by atoms with van der Waals surface area (Å²) in [4.78, 5) is 0. The number of hydrogen-bond donors (Lipinski definition) is 1. The second-order valence-corrected chi connectivity index (χ2v) is 1.08. The minimum Gasteiger partial charge on any atom is -0.396 e. The van der Waals surface area contributed by atoms with Crippen molar-refractivity contribution in [2.75, 3.05) is 6.61 Å². The van der Waals surface area contributed by atoms with Crippen LogP contribution in [0.15, 0.2) is 0 Å². The third-order valence-corrected chi connectivity index (χ3v) is 0.512. The van der Waals surface area contributed by atoms with Gasteiger partial charge in [0.15, 0.2) is 0 Å². The Morgan fingerprint density at radius 3 is 2.00 bits per heavy atom. The normalized spacial score (nSPS) is 7.00. The van der Waals surface area contributed by atoms with Crippen molar-refractivity contribution in [3.05, 3.63) is 0 Å². The molecule has 0 aromatic heterocycles. The van der Waals surface area contributed by atoms with Crippen LogP contribution in [0, 0.1) is 0 Å². The summed E-state index contributed by atoms with van der Waals surface area (Å²) in [6.45, 7) is 2.40. The summed E-state index contributed by atoms with van der Waals surface area (Å²) in [6.07, 6.45) is 2.04. The van der Waals surface area contributed by atoms with Crippen molar-refractivity contribution in [1.29, 1.82) is 0 Å². The number of aliphatic hydroxyl groups is 1. The molecular formula is C4H10NbO. The average Bonchev–Trinajstić information content (AvgIpc) is 1.41. The smallest absolute Gasteiger partial charge is 0.0430 e. The first kappa shape index (κ1) is 9.85. The van der Waals surface area contributed by atoms with Gasteiger partial charge in [0, 0.05) is 29.0 Å². The molecule has 1 nitrogen and oxygen atoms in total. The summed E-state index contributed by atoms with van der Waals surface area (Å²) in [5.74, 6) is 0. The topological polar surface area (TPSA) is 20.2 Å². The van der Waals surface area contributed by atoms with Gasteiger partial charge in [-0.3, -0.25) is 0 Å². The standard InChI is InChI=1S/C4H10O.Nb/c1-2-3-4-5;/h5H,2-4H2,1H3;. The number of hydrogen-bond acceptors (Lipinski definition) is 1. The van der Waals surface area contributed by atoms with E-state index in [4.69, 9.17) is 5.11 Å².